The molecule has 3 aliphatic rings. The third-order valence-electron chi connectivity index (χ3n) is 11.1. The Morgan fingerprint density at radius 1 is 1.05 bits per heavy atom. The smallest absolute Gasteiger partial charge is 0.323 e. The number of hydrogen-bond acceptors (Lipinski definition) is 9. The number of esters is 1. The molecule has 7 rings (SSSR count). The molecule has 3 fully saturated rings. The Morgan fingerprint density at radius 2 is 1.84 bits per heavy atom. The lowest BCUT2D eigenvalue weighted by Crippen LogP contribution is -2.58. The number of aryl methyl sites for hydroxylation is 1. The molecule has 0 bridgehead atoms. The molecule has 56 heavy (non-hydrogen) atoms. The van der Waals surface area contributed by atoms with Crippen molar-refractivity contribution in [2.24, 2.45) is 5.92 Å². The molecule has 2 aromatic heterocycles. The van der Waals surface area contributed by atoms with Crippen molar-refractivity contribution >= 4 is 52.6 Å². The minimum atomic E-state index is -3.68. The van der Waals surface area contributed by atoms with Crippen LogP contribution in [0.2, 0.25) is 0 Å². The number of rotatable bonds is 13. The highest BCUT2D eigenvalue weighted by molar-refractivity contribution is 7.56. The first-order valence-corrected chi connectivity index (χ1v) is 22.2. The van der Waals surface area contributed by atoms with Gasteiger partial charge < -0.3 is 24.4 Å². The molecular formula is C42H50N5O7PS. The Bertz CT molecular complexity index is 2140. The Balaban J connectivity index is 1.03. The number of nitrogens with zero attached hydrogens (tertiary/aromatic N) is 3. The van der Waals surface area contributed by atoms with E-state index in [0.29, 0.717) is 48.5 Å². The topological polar surface area (TPSA) is 147 Å². The second kappa shape index (κ2) is 16.9. The number of ether oxygens (including phenoxy) is 1. The Hall–Kier alpha value is -4.58. The van der Waals surface area contributed by atoms with Crippen LogP contribution >= 0.6 is 18.9 Å². The fourth-order valence-corrected chi connectivity index (χ4v) is 11.2. The lowest BCUT2D eigenvalue weighted by atomic mass is 9.89. The molecule has 3 saturated heterocycles. The maximum Gasteiger partial charge on any atom is 0.323 e. The molecule has 2 N–H and O–H groups in total. The summed E-state index contributed by atoms with van der Waals surface area (Å²) in [5.74, 6) is -0.258. The van der Waals surface area contributed by atoms with Gasteiger partial charge in [0.2, 0.25) is 11.8 Å². The molecule has 0 aliphatic carbocycles. The van der Waals surface area contributed by atoms with Gasteiger partial charge in [0.25, 0.3) is 5.91 Å². The molecule has 0 spiro atoms. The zero-order valence-electron chi connectivity index (χ0n) is 32.3. The van der Waals surface area contributed by atoms with Gasteiger partial charge in [-0.05, 0) is 110 Å². The van der Waals surface area contributed by atoms with Crippen LogP contribution in [0.1, 0.15) is 85.2 Å². The van der Waals surface area contributed by atoms with Crippen LogP contribution < -0.4 is 14.9 Å². The van der Waals surface area contributed by atoms with E-state index < -0.39 is 31.6 Å². The second-order valence-corrected chi connectivity index (χ2v) is 18.7. The number of pyridine rings is 1. The number of nitrogens with one attached hydrogen (secondary N) is 2. The van der Waals surface area contributed by atoms with E-state index in [2.05, 4.69) is 29.2 Å². The summed E-state index contributed by atoms with van der Waals surface area (Å²) in [7, 11) is -3.68. The number of benzene rings is 2. The van der Waals surface area contributed by atoms with Crippen molar-refractivity contribution in [1.29, 1.82) is 0 Å². The quantitative estimate of drug-likeness (QED) is 0.110. The minimum Gasteiger partial charge on any atom is -0.465 e. The van der Waals surface area contributed by atoms with Gasteiger partial charge in [0, 0.05) is 42.1 Å². The molecule has 2 aromatic carbocycles. The number of thiophene rings is 1. The van der Waals surface area contributed by atoms with Crippen LogP contribution in [0.5, 0.6) is 5.75 Å². The van der Waals surface area contributed by atoms with E-state index in [-0.39, 0.29) is 48.4 Å². The Morgan fingerprint density at radius 3 is 2.59 bits per heavy atom. The number of likely N-dealkylation sites (tertiary alicyclic amines) is 1. The van der Waals surface area contributed by atoms with Gasteiger partial charge in [-0.15, -0.1) is 11.3 Å². The largest absolute Gasteiger partial charge is 0.465 e. The normalized spacial score (nSPS) is 22.8. The first kappa shape index (κ1) is 39.6. The molecule has 5 heterocycles. The van der Waals surface area contributed by atoms with E-state index in [1.807, 2.05) is 48.4 Å². The molecule has 0 radical (unpaired) electrons. The van der Waals surface area contributed by atoms with E-state index in [0.717, 1.165) is 34.1 Å². The molecular weight excluding hydrogens is 750 g/mol. The third-order valence-corrected chi connectivity index (χ3v) is 14.2. The number of carbonyl (C=O) groups excluding carboxylic acids is 4. The summed E-state index contributed by atoms with van der Waals surface area (Å²) in [6.45, 7) is 9.14. The molecule has 1 unspecified atom stereocenters. The minimum absolute atomic E-state index is 0.0154. The van der Waals surface area contributed by atoms with Gasteiger partial charge in [-0.2, -0.15) is 0 Å². The predicted molar refractivity (Wildman–Crippen MR) is 216 cm³/mol. The molecule has 296 valence electrons. The van der Waals surface area contributed by atoms with Crippen LogP contribution in [0.15, 0.2) is 73.1 Å². The molecule has 14 heteroatoms. The van der Waals surface area contributed by atoms with E-state index in [9.17, 15) is 23.7 Å². The van der Waals surface area contributed by atoms with Gasteiger partial charge >= 0.3 is 13.5 Å². The van der Waals surface area contributed by atoms with E-state index in [4.69, 9.17) is 9.26 Å². The number of fused-ring (bicyclic) bond motifs is 2. The fraction of sp³-hybridized carbons (Fsp3) is 0.452. The lowest BCUT2D eigenvalue weighted by molar-refractivity contribution is -0.148. The number of amides is 3. The zero-order chi connectivity index (χ0) is 39.6. The number of para-hydroxylation sites is 1. The van der Waals surface area contributed by atoms with Crippen LogP contribution in [-0.2, 0) is 29.8 Å². The monoisotopic (exact) mass is 799 g/mol. The standard InChI is InChI=1S/C42H50N5O7PS/c1-5-17-53-42(51)28(4)45-55(52,54-33-9-7-6-8-10-33)25-29-11-14-37-30(20-29)21-38(56-37)39(48)44-35-19-26(2)18-32-12-13-36(47(32)40(35)49)41(50)46-23-31(24-46)34-22-43-16-15-27(34)3/h6-11,14-16,20-22,26,28,31-32,35-36H,5,12-13,17-19,23-25H2,1-4H3,(H,44,48)(H,45,52)/t26-,28-,32+,35-,36-,55?/m0/s1. The molecule has 3 aliphatic heterocycles. The van der Waals surface area contributed by atoms with Crippen molar-refractivity contribution < 1.29 is 33.0 Å². The Kier molecular flexibility index (Phi) is 11.9. The summed E-state index contributed by atoms with van der Waals surface area (Å²) < 4.78 is 26.5. The summed E-state index contributed by atoms with van der Waals surface area (Å²) in [6, 6.07) is 15.9. The van der Waals surface area contributed by atoms with Crippen molar-refractivity contribution in [2.75, 3.05) is 19.7 Å². The molecule has 4 aromatic rings. The summed E-state index contributed by atoms with van der Waals surface area (Å²) >= 11 is 1.31. The van der Waals surface area contributed by atoms with Crippen LogP contribution in [-0.4, -0.2) is 82.3 Å². The van der Waals surface area contributed by atoms with Crippen molar-refractivity contribution in [2.45, 2.75) is 96.0 Å². The number of aromatic nitrogens is 1. The summed E-state index contributed by atoms with van der Waals surface area (Å²) in [6.07, 6.45) is 6.98. The lowest BCUT2D eigenvalue weighted by Gasteiger charge is -2.43. The van der Waals surface area contributed by atoms with Crippen molar-refractivity contribution in [1.82, 2.24) is 25.2 Å². The third kappa shape index (κ3) is 8.70. The average molecular weight is 800 g/mol. The van der Waals surface area contributed by atoms with Crippen LogP contribution in [0.4, 0.5) is 0 Å². The molecule has 0 saturated carbocycles. The number of carbonyl (C=O) groups is 4. The number of hydrogen-bond donors (Lipinski definition) is 2. The van der Waals surface area contributed by atoms with E-state index in [1.54, 1.807) is 48.4 Å². The maximum absolute atomic E-state index is 14.3. The average Bonchev–Trinajstić information content (AvgIpc) is 3.75. The first-order chi connectivity index (χ1) is 26.9. The first-order valence-electron chi connectivity index (χ1n) is 19.5. The van der Waals surface area contributed by atoms with Crippen molar-refractivity contribution in [3.05, 3.63) is 94.6 Å². The van der Waals surface area contributed by atoms with Gasteiger partial charge in [-0.1, -0.05) is 38.1 Å². The van der Waals surface area contributed by atoms with Gasteiger partial charge in [-0.3, -0.25) is 28.7 Å². The van der Waals surface area contributed by atoms with Gasteiger partial charge in [-0.25, -0.2) is 5.09 Å². The molecule has 6 atom stereocenters. The highest BCUT2D eigenvalue weighted by Gasteiger charge is 2.48. The molecule has 12 nitrogen and oxygen atoms in total. The predicted octanol–water partition coefficient (Wildman–Crippen LogP) is 6.82. The van der Waals surface area contributed by atoms with Crippen LogP contribution in [0.3, 0.4) is 0 Å². The highest BCUT2D eigenvalue weighted by atomic mass is 32.1. The second-order valence-electron chi connectivity index (χ2n) is 15.5. The highest BCUT2D eigenvalue weighted by Crippen LogP contribution is 2.47. The van der Waals surface area contributed by atoms with Gasteiger partial charge in [0.05, 0.1) is 17.6 Å². The summed E-state index contributed by atoms with van der Waals surface area (Å²) in [5.41, 5.74) is 3.01. The van der Waals surface area contributed by atoms with Gasteiger partial charge in [0.15, 0.2) is 0 Å². The van der Waals surface area contributed by atoms with Crippen molar-refractivity contribution in [3.8, 4) is 5.75 Å². The van der Waals surface area contributed by atoms with E-state index >= 15 is 0 Å². The molecule has 3 amide bonds. The SMILES string of the molecule is CCCOC(=O)[C@H](C)NP(=O)(Cc1ccc2sc(C(=O)N[C@H]3C[C@@H](C)C[C@H]4CC[C@@H](C(=O)N5CC(c6cnccc6C)C5)N4C3=O)cc2c1)Oc1ccccc1. The summed E-state index contributed by atoms with van der Waals surface area (Å²) in [4.78, 5) is 62.8. The van der Waals surface area contributed by atoms with Crippen LogP contribution in [0.25, 0.3) is 10.1 Å². The fourth-order valence-electron chi connectivity index (χ4n) is 8.23. The van der Waals surface area contributed by atoms with E-state index in [1.165, 1.54) is 11.3 Å². The Labute approximate surface area is 331 Å². The zero-order valence-corrected chi connectivity index (χ0v) is 34.0. The summed E-state index contributed by atoms with van der Waals surface area (Å²) in [5, 5.41) is 6.73. The van der Waals surface area contributed by atoms with Crippen LogP contribution in [0, 0.1) is 12.8 Å². The van der Waals surface area contributed by atoms with Crippen molar-refractivity contribution in [3.63, 3.8) is 0 Å². The van der Waals surface area contributed by atoms with Gasteiger partial charge in [0.1, 0.15) is 23.9 Å². The maximum atomic E-state index is 14.3.